The molecule has 3 aromatic rings. The molecule has 2 aromatic heterocycles. The molecule has 0 aliphatic rings. The van der Waals surface area contributed by atoms with Crippen molar-refractivity contribution in [3.8, 4) is 29.1 Å². The largest absolute Gasteiger partial charge is 0.384 e. The average Bonchev–Trinajstić information content (AvgIpc) is 2.62. The van der Waals surface area contributed by atoms with Gasteiger partial charge in [-0.3, -0.25) is 4.79 Å². The highest BCUT2D eigenvalue weighted by atomic mass is 16.1. The molecule has 3 rings (SSSR count). The van der Waals surface area contributed by atoms with Gasteiger partial charge in [0.25, 0.3) is 5.56 Å². The van der Waals surface area contributed by atoms with Crippen molar-refractivity contribution in [3.63, 3.8) is 0 Å². The van der Waals surface area contributed by atoms with E-state index in [1.54, 1.807) is 37.3 Å². The lowest BCUT2D eigenvalue weighted by atomic mass is 9.95. The quantitative estimate of drug-likeness (QED) is 0.771. The van der Waals surface area contributed by atoms with Crippen molar-refractivity contribution < 1.29 is 0 Å². The topological polar surface area (TPSA) is 108 Å². The van der Waals surface area contributed by atoms with Crippen LogP contribution in [0.1, 0.15) is 22.4 Å². The number of nitrogen functional groups attached to an aromatic ring is 1. The molecular formula is C20H15N5O. The van der Waals surface area contributed by atoms with Crippen LogP contribution in [-0.2, 0) is 0 Å². The number of rotatable bonds is 2. The SMILES string of the molecule is Cc1ccc(-c2c(C#N)c(N)n(-c3cccc(C)n3)c(=O)c2C#N)cc1. The molecular weight excluding hydrogens is 326 g/mol. The second-order valence-corrected chi connectivity index (χ2v) is 5.88. The molecule has 0 bridgehead atoms. The van der Waals surface area contributed by atoms with Crippen LogP contribution in [0.2, 0.25) is 0 Å². The minimum Gasteiger partial charge on any atom is -0.384 e. The number of anilines is 1. The first-order valence-electron chi connectivity index (χ1n) is 7.87. The summed E-state index contributed by atoms with van der Waals surface area (Å²) in [5, 5.41) is 19.3. The molecule has 126 valence electrons. The Morgan fingerprint density at radius 2 is 1.65 bits per heavy atom. The summed E-state index contributed by atoms with van der Waals surface area (Å²) in [6, 6.07) is 16.3. The van der Waals surface area contributed by atoms with E-state index in [2.05, 4.69) is 4.98 Å². The van der Waals surface area contributed by atoms with Gasteiger partial charge in [0.1, 0.15) is 34.9 Å². The second-order valence-electron chi connectivity index (χ2n) is 5.88. The number of nitrogens with two attached hydrogens (primary N) is 1. The lowest BCUT2D eigenvalue weighted by molar-refractivity contribution is 0.934. The smallest absolute Gasteiger partial charge is 0.276 e. The number of hydrogen-bond donors (Lipinski definition) is 1. The maximum atomic E-state index is 13.0. The zero-order chi connectivity index (χ0) is 18.8. The summed E-state index contributed by atoms with van der Waals surface area (Å²) in [7, 11) is 0. The third-order valence-corrected chi connectivity index (χ3v) is 4.08. The first-order chi connectivity index (χ1) is 12.5. The fourth-order valence-electron chi connectivity index (χ4n) is 2.80. The third-order valence-electron chi connectivity index (χ3n) is 4.08. The summed E-state index contributed by atoms with van der Waals surface area (Å²) in [6.45, 7) is 3.71. The van der Waals surface area contributed by atoms with Crippen LogP contribution >= 0.6 is 0 Å². The first kappa shape index (κ1) is 16.9. The van der Waals surface area contributed by atoms with Gasteiger partial charge >= 0.3 is 0 Å². The molecule has 0 atom stereocenters. The van der Waals surface area contributed by atoms with Crippen LogP contribution < -0.4 is 11.3 Å². The highest BCUT2D eigenvalue weighted by Crippen LogP contribution is 2.30. The number of nitrogens with zero attached hydrogens (tertiary/aromatic N) is 4. The monoisotopic (exact) mass is 341 g/mol. The van der Waals surface area contributed by atoms with Crippen molar-refractivity contribution in [1.29, 1.82) is 10.5 Å². The molecule has 0 saturated carbocycles. The summed E-state index contributed by atoms with van der Waals surface area (Å²) >= 11 is 0. The number of benzene rings is 1. The van der Waals surface area contributed by atoms with Crippen molar-refractivity contribution >= 4 is 5.82 Å². The zero-order valence-electron chi connectivity index (χ0n) is 14.3. The molecule has 0 aliphatic heterocycles. The minimum atomic E-state index is -0.599. The molecule has 2 N–H and O–H groups in total. The third kappa shape index (κ3) is 2.70. The Morgan fingerprint density at radius 3 is 2.23 bits per heavy atom. The molecule has 2 heterocycles. The van der Waals surface area contributed by atoms with Crippen LogP contribution in [0.25, 0.3) is 16.9 Å². The Labute approximate surface area is 150 Å². The van der Waals surface area contributed by atoms with Gasteiger partial charge in [0.05, 0.1) is 0 Å². The van der Waals surface area contributed by atoms with Crippen LogP contribution in [0.5, 0.6) is 0 Å². The van der Waals surface area contributed by atoms with Crippen LogP contribution in [0.15, 0.2) is 47.3 Å². The van der Waals surface area contributed by atoms with Gasteiger partial charge in [0, 0.05) is 11.3 Å². The van der Waals surface area contributed by atoms with Gasteiger partial charge in [-0.15, -0.1) is 0 Å². The van der Waals surface area contributed by atoms with Gasteiger partial charge in [0.2, 0.25) is 0 Å². The molecule has 0 fully saturated rings. The number of hydrogen-bond acceptors (Lipinski definition) is 5. The molecule has 1 aromatic carbocycles. The van der Waals surface area contributed by atoms with Gasteiger partial charge in [-0.25, -0.2) is 9.55 Å². The highest BCUT2D eigenvalue weighted by Gasteiger charge is 2.22. The number of aromatic nitrogens is 2. The van der Waals surface area contributed by atoms with Gasteiger partial charge in [-0.2, -0.15) is 10.5 Å². The standard InChI is InChI=1S/C20H15N5O/c1-12-6-8-14(9-7-12)18-15(10-21)19(23)25(20(26)16(18)11-22)17-5-3-4-13(2)24-17/h3-9H,23H2,1-2H3. The van der Waals surface area contributed by atoms with Gasteiger partial charge in [0.15, 0.2) is 0 Å². The zero-order valence-corrected chi connectivity index (χ0v) is 14.3. The molecule has 6 nitrogen and oxygen atoms in total. The van der Waals surface area contributed by atoms with Crippen molar-refractivity contribution in [3.05, 3.63) is 75.2 Å². The number of pyridine rings is 2. The summed E-state index contributed by atoms with van der Waals surface area (Å²) in [4.78, 5) is 17.3. The van der Waals surface area contributed by atoms with E-state index in [1.807, 2.05) is 31.2 Å². The number of nitriles is 2. The minimum absolute atomic E-state index is 0.0369. The van der Waals surface area contributed by atoms with E-state index >= 15 is 0 Å². The second kappa shape index (κ2) is 6.54. The van der Waals surface area contributed by atoms with Crippen LogP contribution in [0.4, 0.5) is 5.82 Å². The van der Waals surface area contributed by atoms with E-state index in [4.69, 9.17) is 5.73 Å². The number of aryl methyl sites for hydroxylation is 2. The normalized spacial score (nSPS) is 10.2. The maximum absolute atomic E-state index is 13.0. The summed E-state index contributed by atoms with van der Waals surface area (Å²) in [5.41, 5.74) is 8.06. The van der Waals surface area contributed by atoms with E-state index in [9.17, 15) is 15.3 Å². The Hall–Kier alpha value is -3.90. The molecule has 0 radical (unpaired) electrons. The van der Waals surface area contributed by atoms with E-state index in [1.165, 1.54) is 0 Å². The van der Waals surface area contributed by atoms with E-state index < -0.39 is 5.56 Å². The Balaban J connectivity index is 2.43. The predicted molar refractivity (Wildman–Crippen MR) is 98.6 cm³/mol. The molecule has 0 aliphatic carbocycles. The Bertz CT molecular complexity index is 1150. The van der Waals surface area contributed by atoms with Gasteiger partial charge in [-0.1, -0.05) is 35.9 Å². The van der Waals surface area contributed by atoms with Crippen LogP contribution in [0.3, 0.4) is 0 Å². The predicted octanol–water partition coefficient (Wildman–Crippen LogP) is 2.84. The van der Waals surface area contributed by atoms with Crippen molar-refractivity contribution in [1.82, 2.24) is 9.55 Å². The van der Waals surface area contributed by atoms with Crippen LogP contribution in [0, 0.1) is 36.5 Å². The molecule has 0 unspecified atom stereocenters. The Morgan fingerprint density at radius 1 is 1.00 bits per heavy atom. The summed E-state index contributed by atoms with van der Waals surface area (Å²) in [6.07, 6.45) is 0. The molecule has 0 spiro atoms. The van der Waals surface area contributed by atoms with Gasteiger partial charge < -0.3 is 5.73 Å². The van der Waals surface area contributed by atoms with E-state index in [-0.39, 0.29) is 28.3 Å². The van der Waals surface area contributed by atoms with E-state index in [0.717, 1.165) is 10.1 Å². The van der Waals surface area contributed by atoms with Crippen molar-refractivity contribution in [2.24, 2.45) is 0 Å². The Kier molecular flexibility index (Phi) is 4.26. The van der Waals surface area contributed by atoms with E-state index in [0.29, 0.717) is 11.3 Å². The molecule has 0 amide bonds. The summed E-state index contributed by atoms with van der Waals surface area (Å²) in [5.74, 6) is 0.237. The van der Waals surface area contributed by atoms with Crippen LogP contribution in [-0.4, -0.2) is 9.55 Å². The molecule has 26 heavy (non-hydrogen) atoms. The average molecular weight is 341 g/mol. The lowest BCUT2D eigenvalue weighted by Crippen LogP contribution is -2.27. The maximum Gasteiger partial charge on any atom is 0.276 e. The highest BCUT2D eigenvalue weighted by molar-refractivity contribution is 5.81. The van der Waals surface area contributed by atoms with Crippen molar-refractivity contribution in [2.45, 2.75) is 13.8 Å². The van der Waals surface area contributed by atoms with Crippen molar-refractivity contribution in [2.75, 3.05) is 5.73 Å². The summed E-state index contributed by atoms with van der Waals surface area (Å²) < 4.78 is 1.11. The first-order valence-corrected chi connectivity index (χ1v) is 7.87. The molecule has 0 saturated heterocycles. The fraction of sp³-hybridized carbons (Fsp3) is 0.100. The fourth-order valence-corrected chi connectivity index (χ4v) is 2.80. The van der Waals surface area contributed by atoms with Gasteiger partial charge in [-0.05, 0) is 31.5 Å². The lowest BCUT2D eigenvalue weighted by Gasteiger charge is -2.15. The molecule has 6 heteroatoms.